The molecule has 2 heterocycles. The molecule has 0 saturated carbocycles. The third kappa shape index (κ3) is 3.26. The van der Waals surface area contributed by atoms with E-state index >= 15 is 0 Å². The van der Waals surface area contributed by atoms with Crippen molar-refractivity contribution in [2.24, 2.45) is 0 Å². The first-order valence-electron chi connectivity index (χ1n) is 11.0. The minimum atomic E-state index is -3.35. The molecule has 1 unspecified atom stereocenters. The Morgan fingerprint density at radius 2 is 1.27 bits per heavy atom. The van der Waals surface area contributed by atoms with E-state index in [1.165, 1.54) is 5.98 Å². The van der Waals surface area contributed by atoms with Gasteiger partial charge in [0.05, 0.1) is 0 Å². The molecule has 6 rings (SSSR count). The molecule has 4 nitrogen and oxygen atoms in total. The first kappa shape index (κ1) is 20.7. The van der Waals surface area contributed by atoms with Crippen LogP contribution in [0.25, 0.3) is 22.3 Å². The Bertz CT molecular complexity index is 1430. The number of aliphatic hydroxyl groups is 1. The van der Waals surface area contributed by atoms with E-state index in [2.05, 4.69) is 6.07 Å². The monoisotopic (exact) mass is 474 g/mol. The molecule has 1 atom stereocenters. The van der Waals surface area contributed by atoms with Crippen molar-refractivity contribution in [3.8, 4) is 33.8 Å². The zero-order valence-corrected chi connectivity index (χ0v) is 19.8. The number of benzene rings is 4. The summed E-state index contributed by atoms with van der Waals surface area (Å²) in [6.45, 7) is 0. The molecule has 0 bridgehead atoms. The second kappa shape index (κ2) is 7.87. The van der Waals surface area contributed by atoms with E-state index in [-0.39, 0.29) is 0 Å². The summed E-state index contributed by atoms with van der Waals surface area (Å²) < 4.78 is 12.9. The van der Waals surface area contributed by atoms with Gasteiger partial charge in [-0.3, -0.25) is 0 Å². The quantitative estimate of drug-likeness (QED) is 0.391. The maximum atomic E-state index is 11.9. The van der Waals surface area contributed by atoms with Crippen LogP contribution in [0.5, 0.6) is 11.5 Å². The Balaban J connectivity index is 1.42. The number of hydrogen-bond donors (Lipinski definition) is 2. The van der Waals surface area contributed by atoms with Crippen molar-refractivity contribution < 1.29 is 19.0 Å². The molecule has 0 radical (unpaired) electrons. The summed E-state index contributed by atoms with van der Waals surface area (Å²) in [4.78, 5) is 11.9. The van der Waals surface area contributed by atoms with Crippen LogP contribution in [0.2, 0.25) is 0 Å². The van der Waals surface area contributed by atoms with E-state index in [0.717, 1.165) is 38.6 Å². The fourth-order valence-corrected chi connectivity index (χ4v) is 11.6. The molecule has 0 aromatic heterocycles. The maximum absolute atomic E-state index is 11.9. The first-order valence-corrected chi connectivity index (χ1v) is 15.0. The van der Waals surface area contributed by atoms with Gasteiger partial charge in [-0.05, 0) is 0 Å². The van der Waals surface area contributed by atoms with Crippen LogP contribution in [0.4, 0.5) is 0 Å². The predicted octanol–water partition coefficient (Wildman–Crippen LogP) is 5.39. The summed E-state index contributed by atoms with van der Waals surface area (Å²) in [6, 6.07) is 31.8. The van der Waals surface area contributed by atoms with E-state index < -0.39 is 14.8 Å². The molecule has 4 aromatic rings. The third-order valence-electron chi connectivity index (χ3n) is 6.52. The normalized spacial score (nSPS) is 20.1. The summed E-state index contributed by atoms with van der Waals surface area (Å²) >= 11 is 0. The average molecular weight is 474 g/mol. The molecule has 33 heavy (non-hydrogen) atoms. The Hall–Kier alpha value is -2.87. The van der Waals surface area contributed by atoms with Gasteiger partial charge >= 0.3 is 194 Å². The van der Waals surface area contributed by atoms with Crippen LogP contribution in [-0.4, -0.2) is 28.3 Å². The summed E-state index contributed by atoms with van der Waals surface area (Å²) in [6.07, 6.45) is 0.883. The predicted molar refractivity (Wildman–Crippen MR) is 139 cm³/mol. The van der Waals surface area contributed by atoms with Crippen LogP contribution in [0.15, 0.2) is 97.1 Å². The Morgan fingerprint density at radius 1 is 0.697 bits per heavy atom. The molecule has 0 aliphatic carbocycles. The van der Waals surface area contributed by atoms with E-state index in [4.69, 9.17) is 9.05 Å². The van der Waals surface area contributed by atoms with Crippen LogP contribution in [0, 0.1) is 0 Å². The summed E-state index contributed by atoms with van der Waals surface area (Å²) in [7, 11) is -5.93. The molecule has 0 fully saturated rings. The number of fused-ring (bicyclic) bond motifs is 6. The Labute approximate surface area is 193 Å². The van der Waals surface area contributed by atoms with Gasteiger partial charge in [-0.1, -0.05) is 0 Å². The van der Waals surface area contributed by atoms with Crippen molar-refractivity contribution in [3.63, 3.8) is 0 Å². The standard InChI is InChI=1S/C27H24O4P2/c28-19-32(26-15-7-3-11-22(26)20-9-1-5-13-24(20)30-32)17-18-33(29)27-16-8-4-12-23(27)21-10-2-6-14-25(21)31-33/h1-16,19,28-29,33H,17-18H2. The number of para-hydroxylation sites is 2. The number of hydrogen-bond acceptors (Lipinski definition) is 3. The van der Waals surface area contributed by atoms with Crippen LogP contribution in [0.1, 0.15) is 0 Å². The molecule has 2 aliphatic heterocycles. The van der Waals surface area contributed by atoms with Crippen LogP contribution in [0.3, 0.4) is 0 Å². The van der Waals surface area contributed by atoms with E-state index in [9.17, 15) is 10.00 Å². The topological polar surface area (TPSA) is 58.9 Å². The van der Waals surface area contributed by atoms with Gasteiger partial charge < -0.3 is 0 Å². The van der Waals surface area contributed by atoms with E-state index in [1.807, 2.05) is 91.0 Å². The molecule has 6 heteroatoms. The second-order valence-corrected chi connectivity index (χ2v) is 14.2. The zero-order valence-electron chi connectivity index (χ0n) is 17.9. The summed E-state index contributed by atoms with van der Waals surface area (Å²) in [5, 5.41) is 12.4. The number of rotatable bonds is 3. The third-order valence-corrected chi connectivity index (χ3v) is 12.7. The molecule has 2 N–H and O–H groups in total. The molecule has 2 aliphatic rings. The van der Waals surface area contributed by atoms with Crippen LogP contribution >= 0.6 is 14.8 Å². The van der Waals surface area contributed by atoms with Crippen molar-refractivity contribution in [2.45, 2.75) is 0 Å². The van der Waals surface area contributed by atoms with Crippen molar-refractivity contribution in [1.29, 1.82) is 0 Å². The zero-order chi connectivity index (χ0) is 22.5. The van der Waals surface area contributed by atoms with Gasteiger partial charge in [0.25, 0.3) is 0 Å². The van der Waals surface area contributed by atoms with Gasteiger partial charge in [0, 0.05) is 0 Å². The number of aliphatic hydroxyl groups excluding tert-OH is 1. The van der Waals surface area contributed by atoms with Crippen molar-refractivity contribution >= 4 is 31.4 Å². The van der Waals surface area contributed by atoms with Gasteiger partial charge in [0.15, 0.2) is 0 Å². The Kier molecular flexibility index (Phi) is 4.94. The van der Waals surface area contributed by atoms with Crippen molar-refractivity contribution in [1.82, 2.24) is 0 Å². The minimum absolute atomic E-state index is 0.402. The molecule has 0 saturated heterocycles. The fraction of sp³-hybridized carbons (Fsp3) is 0.0741. The first-order chi connectivity index (χ1) is 16.1. The molecule has 4 aromatic carbocycles. The molecule has 0 amide bonds. The van der Waals surface area contributed by atoms with Crippen molar-refractivity contribution in [3.05, 3.63) is 97.1 Å². The molecular formula is C27H24O4P2. The van der Waals surface area contributed by atoms with Gasteiger partial charge in [-0.15, -0.1) is 0 Å². The van der Waals surface area contributed by atoms with Gasteiger partial charge in [-0.25, -0.2) is 0 Å². The van der Waals surface area contributed by atoms with Crippen molar-refractivity contribution in [2.75, 3.05) is 12.3 Å². The Morgan fingerprint density at radius 3 is 2.03 bits per heavy atom. The van der Waals surface area contributed by atoms with Gasteiger partial charge in [0.1, 0.15) is 0 Å². The molecular weight excluding hydrogens is 450 g/mol. The van der Waals surface area contributed by atoms with Crippen LogP contribution in [-0.2, 0) is 0 Å². The fourth-order valence-electron chi connectivity index (χ4n) is 4.91. The van der Waals surface area contributed by atoms with E-state index in [1.54, 1.807) is 0 Å². The summed E-state index contributed by atoms with van der Waals surface area (Å²) in [5.41, 5.74) is 4.11. The van der Waals surface area contributed by atoms with Crippen LogP contribution < -0.4 is 19.7 Å². The molecule has 0 spiro atoms. The second-order valence-electron chi connectivity index (χ2n) is 8.42. The SMILES string of the molecule is OC=P1(CC[PH]2(O)Oc3ccccc3-c3ccccc32)Oc2ccccc2-c2ccccc21. The van der Waals surface area contributed by atoms with Gasteiger partial charge in [0.2, 0.25) is 0 Å². The molecule has 166 valence electrons. The average Bonchev–Trinajstić information content (AvgIpc) is 2.88. The van der Waals surface area contributed by atoms with Gasteiger partial charge in [-0.2, -0.15) is 0 Å². The summed E-state index contributed by atoms with van der Waals surface area (Å²) in [5.74, 6) is 2.71. The van der Waals surface area contributed by atoms with E-state index in [0.29, 0.717) is 18.1 Å².